The number of pyridine rings is 1. The Bertz CT molecular complexity index is 760. The third-order valence-corrected chi connectivity index (χ3v) is 5.01. The van der Waals surface area contributed by atoms with Crippen molar-refractivity contribution < 1.29 is 0 Å². The Morgan fingerprint density at radius 2 is 2.14 bits per heavy atom. The average Bonchev–Trinajstić information content (AvgIpc) is 3.12. The molecular weight excluding hydrogens is 280 g/mol. The fraction of sp³-hybridized carbons (Fsp3) is 0.250. The summed E-state index contributed by atoms with van der Waals surface area (Å²) in [6.07, 6.45) is 3.71. The van der Waals surface area contributed by atoms with E-state index in [1.165, 1.54) is 16.0 Å². The number of nitrogens with zero attached hydrogens (tertiary/aromatic N) is 3. The van der Waals surface area contributed by atoms with Crippen LogP contribution in [0.5, 0.6) is 0 Å². The van der Waals surface area contributed by atoms with Crippen LogP contribution in [0.1, 0.15) is 17.0 Å². The molecule has 5 heteroatoms. The lowest BCUT2D eigenvalue weighted by atomic mass is 9.99. The third-order valence-electron chi connectivity index (χ3n) is 3.98. The number of rotatable bonds is 2. The lowest BCUT2D eigenvalue weighted by molar-refractivity contribution is 0.506. The van der Waals surface area contributed by atoms with Gasteiger partial charge in [-0.25, -0.2) is 4.68 Å². The molecule has 1 unspecified atom stereocenters. The van der Waals surface area contributed by atoms with Gasteiger partial charge in [0, 0.05) is 30.9 Å². The average molecular weight is 296 g/mol. The first-order valence-corrected chi connectivity index (χ1v) is 7.95. The van der Waals surface area contributed by atoms with Crippen LogP contribution in [0.25, 0.3) is 10.6 Å². The van der Waals surface area contributed by atoms with Crippen LogP contribution in [0.3, 0.4) is 0 Å². The van der Waals surface area contributed by atoms with Gasteiger partial charge in [0.05, 0.1) is 11.4 Å². The number of hydrogen-bond acceptors (Lipinski definition) is 4. The van der Waals surface area contributed by atoms with Crippen LogP contribution in [-0.2, 0) is 6.54 Å². The van der Waals surface area contributed by atoms with Crippen molar-refractivity contribution in [1.29, 1.82) is 0 Å². The second-order valence-corrected chi connectivity index (χ2v) is 6.30. The van der Waals surface area contributed by atoms with E-state index < -0.39 is 0 Å². The molecule has 0 bridgehead atoms. The Morgan fingerprint density at radius 1 is 1.29 bits per heavy atom. The zero-order valence-corrected chi connectivity index (χ0v) is 12.6. The smallest absolute Gasteiger partial charge is 0.124 e. The van der Waals surface area contributed by atoms with Gasteiger partial charge in [-0.1, -0.05) is 0 Å². The Kier molecular flexibility index (Phi) is 3.00. The van der Waals surface area contributed by atoms with Crippen molar-refractivity contribution in [2.45, 2.75) is 19.4 Å². The molecule has 0 saturated heterocycles. The van der Waals surface area contributed by atoms with Crippen molar-refractivity contribution in [3.63, 3.8) is 0 Å². The largest absolute Gasteiger partial charge is 0.370 e. The molecule has 1 aliphatic heterocycles. The minimum Gasteiger partial charge on any atom is -0.370 e. The highest BCUT2D eigenvalue weighted by atomic mass is 32.1. The van der Waals surface area contributed by atoms with Gasteiger partial charge in [-0.2, -0.15) is 5.10 Å². The first kappa shape index (κ1) is 12.6. The molecule has 0 aromatic carbocycles. The number of thiophene rings is 1. The van der Waals surface area contributed by atoms with Crippen LogP contribution in [0.4, 0.5) is 5.82 Å². The summed E-state index contributed by atoms with van der Waals surface area (Å²) in [6.45, 7) is 3.99. The third kappa shape index (κ3) is 2.23. The number of fused-ring (bicyclic) bond motifs is 1. The van der Waals surface area contributed by atoms with Gasteiger partial charge in [0.1, 0.15) is 11.5 Å². The Hall–Kier alpha value is -2.14. The van der Waals surface area contributed by atoms with Gasteiger partial charge >= 0.3 is 0 Å². The van der Waals surface area contributed by atoms with Crippen molar-refractivity contribution in [3.05, 3.63) is 53.2 Å². The number of aryl methyl sites for hydroxylation is 1. The molecule has 0 amide bonds. The molecule has 21 heavy (non-hydrogen) atoms. The SMILES string of the molecule is Cc1ccsc1-c1cc2n(n1)CC(c1ccncc1)CN2. The highest BCUT2D eigenvalue weighted by Crippen LogP contribution is 2.32. The predicted octanol–water partition coefficient (Wildman–Crippen LogP) is 3.52. The van der Waals surface area contributed by atoms with Gasteiger partial charge in [0.15, 0.2) is 0 Å². The first-order chi connectivity index (χ1) is 10.3. The topological polar surface area (TPSA) is 42.7 Å². The molecule has 0 aliphatic carbocycles. The van der Waals surface area contributed by atoms with Gasteiger partial charge in [-0.3, -0.25) is 4.98 Å². The van der Waals surface area contributed by atoms with Crippen LogP contribution in [0.15, 0.2) is 42.0 Å². The maximum absolute atomic E-state index is 4.78. The summed E-state index contributed by atoms with van der Waals surface area (Å²) in [5.41, 5.74) is 3.68. The van der Waals surface area contributed by atoms with E-state index in [0.717, 1.165) is 24.6 Å². The molecule has 1 atom stereocenters. The van der Waals surface area contributed by atoms with Crippen LogP contribution >= 0.6 is 11.3 Å². The van der Waals surface area contributed by atoms with Crippen LogP contribution in [0, 0.1) is 6.92 Å². The second-order valence-electron chi connectivity index (χ2n) is 5.39. The fourth-order valence-corrected chi connectivity index (χ4v) is 3.69. The summed E-state index contributed by atoms with van der Waals surface area (Å²) in [4.78, 5) is 5.35. The molecule has 4 heterocycles. The normalized spacial score (nSPS) is 17.3. The quantitative estimate of drug-likeness (QED) is 0.786. The van der Waals surface area contributed by atoms with E-state index in [0.29, 0.717) is 5.92 Å². The molecular formula is C16H16N4S. The summed E-state index contributed by atoms with van der Waals surface area (Å²) >= 11 is 1.75. The number of aromatic nitrogens is 3. The van der Waals surface area contributed by atoms with Gasteiger partial charge in [0.25, 0.3) is 0 Å². The fourth-order valence-electron chi connectivity index (χ4n) is 2.80. The predicted molar refractivity (Wildman–Crippen MR) is 85.7 cm³/mol. The maximum Gasteiger partial charge on any atom is 0.124 e. The minimum atomic E-state index is 0.442. The molecule has 3 aromatic heterocycles. The molecule has 1 N–H and O–H groups in total. The molecule has 3 aromatic rings. The van der Waals surface area contributed by atoms with Gasteiger partial charge < -0.3 is 5.32 Å². The van der Waals surface area contributed by atoms with E-state index in [9.17, 15) is 0 Å². The number of nitrogens with one attached hydrogen (secondary N) is 1. The summed E-state index contributed by atoms with van der Waals surface area (Å²) in [5.74, 6) is 1.56. The van der Waals surface area contributed by atoms with E-state index >= 15 is 0 Å². The van der Waals surface area contributed by atoms with E-state index in [4.69, 9.17) is 5.10 Å². The van der Waals surface area contributed by atoms with Crippen molar-refractivity contribution in [2.75, 3.05) is 11.9 Å². The monoisotopic (exact) mass is 296 g/mol. The van der Waals surface area contributed by atoms with Crippen molar-refractivity contribution in [3.8, 4) is 10.6 Å². The summed E-state index contributed by atoms with van der Waals surface area (Å²) in [5, 5.41) is 10.4. The molecule has 4 nitrogen and oxygen atoms in total. The van der Waals surface area contributed by atoms with Crippen LogP contribution < -0.4 is 5.32 Å². The molecule has 0 saturated carbocycles. The molecule has 106 valence electrons. The number of hydrogen-bond donors (Lipinski definition) is 1. The first-order valence-electron chi connectivity index (χ1n) is 7.07. The van der Waals surface area contributed by atoms with E-state index in [1.54, 1.807) is 11.3 Å². The highest BCUT2D eigenvalue weighted by molar-refractivity contribution is 7.13. The standard InChI is InChI=1S/C16H16N4S/c1-11-4-7-21-16(11)14-8-15-18-9-13(10-20(15)19-14)12-2-5-17-6-3-12/h2-8,13,18H,9-10H2,1H3. The lowest BCUT2D eigenvalue weighted by Crippen LogP contribution is -2.26. The second kappa shape index (κ2) is 5.00. The molecule has 0 radical (unpaired) electrons. The minimum absolute atomic E-state index is 0.442. The van der Waals surface area contributed by atoms with Crippen molar-refractivity contribution in [1.82, 2.24) is 14.8 Å². The van der Waals surface area contributed by atoms with Gasteiger partial charge in [0.2, 0.25) is 0 Å². The Balaban J connectivity index is 1.65. The summed E-state index contributed by atoms with van der Waals surface area (Å²) in [7, 11) is 0. The van der Waals surface area contributed by atoms with Crippen molar-refractivity contribution >= 4 is 17.2 Å². The van der Waals surface area contributed by atoms with E-state index in [-0.39, 0.29) is 0 Å². The lowest BCUT2D eigenvalue weighted by Gasteiger charge is -2.24. The molecule has 4 rings (SSSR count). The Labute approximate surface area is 127 Å². The molecule has 1 aliphatic rings. The summed E-state index contributed by atoms with van der Waals surface area (Å²) in [6, 6.07) is 8.48. The van der Waals surface area contributed by atoms with Crippen LogP contribution in [-0.4, -0.2) is 21.3 Å². The van der Waals surface area contributed by atoms with Gasteiger partial charge in [-0.15, -0.1) is 11.3 Å². The zero-order valence-electron chi connectivity index (χ0n) is 11.8. The van der Waals surface area contributed by atoms with Gasteiger partial charge in [-0.05, 0) is 41.6 Å². The summed E-state index contributed by atoms with van der Waals surface area (Å²) < 4.78 is 2.09. The van der Waals surface area contributed by atoms with E-state index in [1.807, 2.05) is 12.4 Å². The number of anilines is 1. The maximum atomic E-state index is 4.78. The molecule has 0 spiro atoms. The highest BCUT2D eigenvalue weighted by Gasteiger charge is 2.22. The van der Waals surface area contributed by atoms with Crippen molar-refractivity contribution in [2.24, 2.45) is 0 Å². The van der Waals surface area contributed by atoms with E-state index in [2.05, 4.69) is 51.6 Å². The molecule has 0 fully saturated rings. The zero-order chi connectivity index (χ0) is 14.2. The van der Waals surface area contributed by atoms with Crippen LogP contribution in [0.2, 0.25) is 0 Å². The Morgan fingerprint density at radius 3 is 2.90 bits per heavy atom.